The lowest BCUT2D eigenvalue weighted by Gasteiger charge is -2.19. The standard InChI is InChI=1S/C70H125NO3/c1-3-5-7-9-11-13-15-17-19-21-23-25-27-29-31-33-34-35-36-38-40-42-44-46-48-50-52-54-56-58-60-62-64-66-70(74)71-68(67-72)69(73)65-63-61-59-57-55-53-51-49-47-45-43-41-39-37-32-30-28-26-24-22-20-18-16-14-12-10-8-6-4-2/h5,7,11,13,17,19,23,25,29,31,34-35,55,57,63,65,68-69,72-73H,3-4,6,8-10,12,14-16,18,20-22,24,26-28,30,32-33,36-54,56,58-62,64,66-67H2,1-2H3,(H,71,74)/b7-5-,13-11-,19-17-,25-23-,31-29-,35-34-,57-55+,65-63+. The zero-order valence-corrected chi connectivity index (χ0v) is 49.3. The van der Waals surface area contributed by atoms with Crippen LogP contribution >= 0.6 is 0 Å². The van der Waals surface area contributed by atoms with E-state index in [4.69, 9.17) is 0 Å². The van der Waals surface area contributed by atoms with Crippen molar-refractivity contribution >= 4 is 5.91 Å². The lowest BCUT2D eigenvalue weighted by Crippen LogP contribution is -2.45. The lowest BCUT2D eigenvalue weighted by atomic mass is 10.0. The summed E-state index contributed by atoms with van der Waals surface area (Å²) >= 11 is 0. The summed E-state index contributed by atoms with van der Waals surface area (Å²) < 4.78 is 0. The molecular formula is C70H125NO3. The van der Waals surface area contributed by atoms with Gasteiger partial charge in [-0.2, -0.15) is 0 Å². The van der Waals surface area contributed by atoms with Crippen LogP contribution in [0.4, 0.5) is 0 Å². The molecule has 4 nitrogen and oxygen atoms in total. The molecule has 0 saturated heterocycles. The molecule has 0 aromatic rings. The first-order valence-corrected chi connectivity index (χ1v) is 32.5. The molecule has 0 aromatic carbocycles. The first-order valence-electron chi connectivity index (χ1n) is 32.5. The zero-order chi connectivity index (χ0) is 53.4. The number of allylic oxidation sites excluding steroid dienone is 15. The molecular weight excluding hydrogens is 903 g/mol. The number of hydrogen-bond acceptors (Lipinski definition) is 3. The molecule has 0 bridgehead atoms. The highest BCUT2D eigenvalue weighted by Gasteiger charge is 2.18. The number of rotatable bonds is 59. The number of hydrogen-bond donors (Lipinski definition) is 3. The van der Waals surface area contributed by atoms with E-state index >= 15 is 0 Å². The van der Waals surface area contributed by atoms with Gasteiger partial charge in [-0.1, -0.05) is 329 Å². The Morgan fingerprint density at radius 1 is 0.338 bits per heavy atom. The van der Waals surface area contributed by atoms with Crippen LogP contribution in [0.25, 0.3) is 0 Å². The van der Waals surface area contributed by atoms with E-state index in [1.54, 1.807) is 6.08 Å². The third kappa shape index (κ3) is 60.2. The van der Waals surface area contributed by atoms with Gasteiger partial charge in [-0.15, -0.1) is 0 Å². The second-order valence-electron chi connectivity index (χ2n) is 21.8. The van der Waals surface area contributed by atoms with Gasteiger partial charge in [0.25, 0.3) is 0 Å². The smallest absolute Gasteiger partial charge is 0.220 e. The summed E-state index contributed by atoms with van der Waals surface area (Å²) in [5.74, 6) is -0.0742. The Morgan fingerprint density at radius 2 is 0.608 bits per heavy atom. The van der Waals surface area contributed by atoms with Crippen molar-refractivity contribution in [2.45, 2.75) is 334 Å². The second-order valence-corrected chi connectivity index (χ2v) is 21.8. The van der Waals surface area contributed by atoms with Gasteiger partial charge in [0.15, 0.2) is 0 Å². The molecule has 0 saturated carbocycles. The maximum atomic E-state index is 12.5. The van der Waals surface area contributed by atoms with E-state index in [2.05, 4.69) is 104 Å². The van der Waals surface area contributed by atoms with Crippen LogP contribution in [0, 0.1) is 0 Å². The van der Waals surface area contributed by atoms with E-state index < -0.39 is 12.1 Å². The molecule has 3 N–H and O–H groups in total. The summed E-state index contributed by atoms with van der Waals surface area (Å²) in [5.41, 5.74) is 0. The normalized spacial score (nSPS) is 13.4. The van der Waals surface area contributed by atoms with Crippen molar-refractivity contribution < 1.29 is 15.0 Å². The maximum Gasteiger partial charge on any atom is 0.220 e. The first kappa shape index (κ1) is 71.3. The van der Waals surface area contributed by atoms with Crippen LogP contribution in [-0.4, -0.2) is 34.9 Å². The molecule has 74 heavy (non-hydrogen) atoms. The predicted octanol–water partition coefficient (Wildman–Crippen LogP) is 22.0. The van der Waals surface area contributed by atoms with Crippen molar-refractivity contribution in [1.29, 1.82) is 0 Å². The second kappa shape index (κ2) is 64.6. The minimum absolute atomic E-state index is 0.0742. The summed E-state index contributed by atoms with van der Waals surface area (Å²) in [6.45, 7) is 4.21. The van der Waals surface area contributed by atoms with Crippen LogP contribution in [0.2, 0.25) is 0 Å². The van der Waals surface area contributed by atoms with Crippen molar-refractivity contribution in [3.63, 3.8) is 0 Å². The van der Waals surface area contributed by atoms with Gasteiger partial charge >= 0.3 is 0 Å². The molecule has 0 aromatic heterocycles. The number of unbranched alkanes of at least 4 members (excludes halogenated alkanes) is 38. The van der Waals surface area contributed by atoms with E-state index in [-0.39, 0.29) is 12.5 Å². The van der Waals surface area contributed by atoms with Crippen LogP contribution in [0.1, 0.15) is 322 Å². The molecule has 4 heteroatoms. The number of aliphatic hydroxyl groups is 2. The van der Waals surface area contributed by atoms with E-state index in [1.807, 2.05) is 6.08 Å². The molecule has 0 fully saturated rings. The Hall–Kier alpha value is -2.69. The number of amides is 1. The van der Waals surface area contributed by atoms with Crippen LogP contribution < -0.4 is 5.32 Å². The van der Waals surface area contributed by atoms with Crippen LogP contribution in [0.15, 0.2) is 97.2 Å². The topological polar surface area (TPSA) is 69.6 Å². The van der Waals surface area contributed by atoms with E-state index in [0.29, 0.717) is 6.42 Å². The van der Waals surface area contributed by atoms with Crippen molar-refractivity contribution in [2.24, 2.45) is 0 Å². The summed E-state index contributed by atoms with van der Waals surface area (Å²) in [6, 6.07) is -0.646. The van der Waals surface area contributed by atoms with Gasteiger partial charge in [0, 0.05) is 6.42 Å². The molecule has 2 atom stereocenters. The Morgan fingerprint density at radius 3 is 0.946 bits per heavy atom. The summed E-state index contributed by atoms with van der Waals surface area (Å²) in [5, 5.41) is 23.2. The van der Waals surface area contributed by atoms with Gasteiger partial charge in [-0.05, 0) is 83.5 Å². The van der Waals surface area contributed by atoms with Crippen LogP contribution in [0.3, 0.4) is 0 Å². The SMILES string of the molecule is CC/C=C\C/C=C\C/C=C\C/C=C\C/C=C\C/C=C\CCCCCCCCCCCCCCCCC(=O)NC(CO)C(O)/C=C/CC/C=C/CCCCCCCCCCCCCCCCCCCCCCCCC. The van der Waals surface area contributed by atoms with E-state index in [9.17, 15) is 15.0 Å². The quantitative estimate of drug-likeness (QED) is 0.0420. The molecule has 0 radical (unpaired) electrons. The minimum Gasteiger partial charge on any atom is -0.394 e. The highest BCUT2D eigenvalue weighted by Crippen LogP contribution is 2.17. The first-order chi connectivity index (χ1) is 36.7. The third-order valence-electron chi connectivity index (χ3n) is 14.6. The largest absolute Gasteiger partial charge is 0.394 e. The summed E-state index contributed by atoms with van der Waals surface area (Å²) in [7, 11) is 0. The van der Waals surface area contributed by atoms with E-state index in [0.717, 1.165) is 70.6 Å². The molecule has 428 valence electrons. The minimum atomic E-state index is -0.869. The molecule has 1 amide bonds. The van der Waals surface area contributed by atoms with Gasteiger partial charge in [-0.3, -0.25) is 4.79 Å². The molecule has 0 aliphatic carbocycles. The Balaban J connectivity index is 3.53. The number of aliphatic hydroxyl groups excluding tert-OH is 2. The molecule has 0 aliphatic rings. The number of carbonyl (C=O) groups is 1. The zero-order valence-electron chi connectivity index (χ0n) is 49.3. The fourth-order valence-corrected chi connectivity index (χ4v) is 9.67. The van der Waals surface area contributed by atoms with Gasteiger partial charge < -0.3 is 15.5 Å². The maximum absolute atomic E-state index is 12.5. The molecule has 0 spiro atoms. The van der Waals surface area contributed by atoms with Gasteiger partial charge in [0.05, 0.1) is 18.8 Å². The van der Waals surface area contributed by atoms with Crippen LogP contribution in [-0.2, 0) is 4.79 Å². The van der Waals surface area contributed by atoms with Crippen molar-refractivity contribution in [3.05, 3.63) is 97.2 Å². The average molecular weight is 1030 g/mol. The Kier molecular flexibility index (Phi) is 62.2. The summed E-state index contributed by atoms with van der Waals surface area (Å²) in [4.78, 5) is 12.5. The third-order valence-corrected chi connectivity index (χ3v) is 14.6. The fourth-order valence-electron chi connectivity index (χ4n) is 9.67. The van der Waals surface area contributed by atoms with Crippen LogP contribution in [0.5, 0.6) is 0 Å². The molecule has 0 aliphatic heterocycles. The van der Waals surface area contributed by atoms with Gasteiger partial charge in [0.2, 0.25) is 5.91 Å². The molecule has 0 rings (SSSR count). The Bertz CT molecular complexity index is 1350. The molecule has 2 unspecified atom stereocenters. The van der Waals surface area contributed by atoms with Crippen molar-refractivity contribution in [1.82, 2.24) is 5.32 Å². The molecule has 0 heterocycles. The predicted molar refractivity (Wildman–Crippen MR) is 331 cm³/mol. The average Bonchev–Trinajstić information content (AvgIpc) is 3.40. The monoisotopic (exact) mass is 1030 g/mol. The lowest BCUT2D eigenvalue weighted by molar-refractivity contribution is -0.123. The van der Waals surface area contributed by atoms with E-state index in [1.165, 1.54) is 231 Å². The van der Waals surface area contributed by atoms with Gasteiger partial charge in [0.1, 0.15) is 0 Å². The van der Waals surface area contributed by atoms with Crippen molar-refractivity contribution in [2.75, 3.05) is 6.61 Å². The van der Waals surface area contributed by atoms with Crippen molar-refractivity contribution in [3.8, 4) is 0 Å². The fraction of sp³-hybridized carbons (Fsp3) is 0.757. The number of nitrogens with one attached hydrogen (secondary N) is 1. The summed E-state index contributed by atoms with van der Waals surface area (Å²) in [6.07, 6.45) is 96.1. The Labute approximate surface area is 462 Å². The van der Waals surface area contributed by atoms with Gasteiger partial charge in [-0.25, -0.2) is 0 Å². The number of carbonyl (C=O) groups excluding carboxylic acids is 1. The highest BCUT2D eigenvalue weighted by molar-refractivity contribution is 5.76. The highest BCUT2D eigenvalue weighted by atomic mass is 16.3.